The average Bonchev–Trinajstić information content (AvgIpc) is 2.79. The number of aliphatic hydroxyl groups excluding tert-OH is 1. The molecule has 3 aromatic rings. The zero-order chi connectivity index (χ0) is 20.9. The number of anilines is 1. The summed E-state index contributed by atoms with van der Waals surface area (Å²) in [5, 5.41) is 26.2. The highest BCUT2D eigenvalue weighted by atomic mass is 32.1. The minimum atomic E-state index is -0.277. The summed E-state index contributed by atoms with van der Waals surface area (Å²) in [5.74, 6) is 0.863. The summed E-state index contributed by atoms with van der Waals surface area (Å²) in [7, 11) is 0. The number of aromatic nitrogens is 1. The topological polar surface area (TPSA) is 77.7 Å². The summed E-state index contributed by atoms with van der Waals surface area (Å²) in [4.78, 5) is 0.265. The number of aliphatic hydroxyl groups is 1. The van der Waals surface area contributed by atoms with Crippen molar-refractivity contribution in [3.8, 4) is 11.5 Å². The van der Waals surface area contributed by atoms with Crippen molar-refractivity contribution in [2.45, 2.75) is 6.61 Å². The van der Waals surface area contributed by atoms with Gasteiger partial charge in [-0.2, -0.15) is 4.57 Å². The molecule has 0 saturated heterocycles. The van der Waals surface area contributed by atoms with Gasteiger partial charge in [0.2, 0.25) is 5.70 Å². The first-order valence-electron chi connectivity index (χ1n) is 9.45. The number of nitrogens with one attached hydrogen (secondary N) is 1. The lowest BCUT2D eigenvalue weighted by Gasteiger charge is -2.21. The molecule has 0 bridgehead atoms. The van der Waals surface area contributed by atoms with Crippen molar-refractivity contribution >= 4 is 34.3 Å². The Balaban J connectivity index is 1.80. The van der Waals surface area contributed by atoms with Crippen molar-refractivity contribution in [2.24, 2.45) is 0 Å². The van der Waals surface area contributed by atoms with Crippen molar-refractivity contribution < 1.29 is 24.3 Å². The zero-order valence-corrected chi connectivity index (χ0v) is 16.9. The van der Waals surface area contributed by atoms with Crippen LogP contribution in [0.5, 0.6) is 11.5 Å². The number of hydrogen-bond acceptors (Lipinski definition) is 5. The number of para-hydroxylation sites is 1. The molecule has 7 heteroatoms. The van der Waals surface area contributed by atoms with Crippen LogP contribution in [-0.4, -0.2) is 23.3 Å². The van der Waals surface area contributed by atoms with Crippen LogP contribution in [-0.2, 0) is 6.61 Å². The highest BCUT2D eigenvalue weighted by Gasteiger charge is 2.21. The number of fused-ring (bicyclic) bond motifs is 1. The van der Waals surface area contributed by atoms with Crippen LogP contribution in [0.4, 0.5) is 5.69 Å². The molecule has 0 spiro atoms. The van der Waals surface area contributed by atoms with E-state index >= 15 is 0 Å². The molecular formula is C23H20N2O4S. The van der Waals surface area contributed by atoms with Gasteiger partial charge in [0.05, 0.1) is 6.61 Å². The van der Waals surface area contributed by atoms with E-state index in [2.05, 4.69) is 5.32 Å². The highest BCUT2D eigenvalue weighted by molar-refractivity contribution is 7.81. The van der Waals surface area contributed by atoms with E-state index in [0.29, 0.717) is 35.8 Å². The van der Waals surface area contributed by atoms with Gasteiger partial charge in [-0.25, -0.2) is 0 Å². The summed E-state index contributed by atoms with van der Waals surface area (Å²) < 4.78 is 12.8. The summed E-state index contributed by atoms with van der Waals surface area (Å²) in [5.41, 5.74) is 2.12. The molecule has 6 nitrogen and oxygen atoms in total. The van der Waals surface area contributed by atoms with E-state index in [-0.39, 0.29) is 23.1 Å². The normalized spacial score (nSPS) is 13.4. The molecule has 1 aromatic heterocycles. The van der Waals surface area contributed by atoms with Crippen molar-refractivity contribution in [2.75, 3.05) is 18.5 Å². The summed E-state index contributed by atoms with van der Waals surface area (Å²) >= 11 is 5.61. The molecule has 0 aliphatic carbocycles. The number of ether oxygens (including phenoxy) is 2. The molecule has 1 aliphatic rings. The van der Waals surface area contributed by atoms with Crippen molar-refractivity contribution in [3.63, 3.8) is 0 Å². The van der Waals surface area contributed by atoms with Crippen LogP contribution in [0.25, 0.3) is 11.5 Å². The van der Waals surface area contributed by atoms with Crippen molar-refractivity contribution in [3.05, 3.63) is 84.2 Å². The van der Waals surface area contributed by atoms with Crippen LogP contribution in [0.3, 0.4) is 0 Å². The number of rotatable bonds is 5. The third kappa shape index (κ3) is 4.27. The molecule has 152 valence electrons. The van der Waals surface area contributed by atoms with E-state index in [4.69, 9.17) is 21.7 Å². The molecule has 0 unspecified atom stereocenters. The lowest BCUT2D eigenvalue weighted by atomic mass is 10.1. The molecule has 0 atom stereocenters. The average molecular weight is 420 g/mol. The van der Waals surface area contributed by atoms with Gasteiger partial charge in [-0.05, 0) is 41.7 Å². The lowest BCUT2D eigenvalue weighted by molar-refractivity contribution is -0.578. The minimum absolute atomic E-state index is 0.148. The fourth-order valence-corrected chi connectivity index (χ4v) is 3.44. The second-order valence-corrected chi connectivity index (χ2v) is 7.04. The second kappa shape index (κ2) is 8.94. The van der Waals surface area contributed by atoms with Gasteiger partial charge in [-0.15, -0.1) is 0 Å². The van der Waals surface area contributed by atoms with Gasteiger partial charge >= 0.3 is 0 Å². The van der Waals surface area contributed by atoms with Crippen LogP contribution in [0.1, 0.15) is 11.1 Å². The Bertz CT molecular complexity index is 1100. The first-order chi connectivity index (χ1) is 14.7. The Morgan fingerprint density at radius 2 is 1.80 bits per heavy atom. The molecular weight excluding hydrogens is 400 g/mol. The molecule has 4 rings (SSSR count). The van der Waals surface area contributed by atoms with Gasteiger partial charge < -0.3 is 25.0 Å². The second-order valence-electron chi connectivity index (χ2n) is 6.63. The summed E-state index contributed by atoms with van der Waals surface area (Å²) in [6, 6.07) is 18.0. The largest absolute Gasteiger partial charge is 0.867 e. The Kier molecular flexibility index (Phi) is 5.92. The third-order valence-corrected chi connectivity index (χ3v) is 4.86. The first kappa shape index (κ1) is 19.9. The Labute approximate surface area is 179 Å². The Morgan fingerprint density at radius 1 is 1.03 bits per heavy atom. The van der Waals surface area contributed by atoms with Gasteiger partial charge in [0.25, 0.3) is 0 Å². The highest BCUT2D eigenvalue weighted by Crippen LogP contribution is 2.32. The predicted octanol–water partition coefficient (Wildman–Crippen LogP) is 2.36. The summed E-state index contributed by atoms with van der Waals surface area (Å²) in [6.45, 7) is 0.764. The minimum Gasteiger partial charge on any atom is -0.867 e. The van der Waals surface area contributed by atoms with E-state index in [0.717, 1.165) is 5.69 Å². The van der Waals surface area contributed by atoms with E-state index in [9.17, 15) is 10.2 Å². The van der Waals surface area contributed by atoms with Crippen LogP contribution in [0, 0.1) is 0 Å². The fraction of sp³-hybridized carbons (Fsp3) is 0.130. The Morgan fingerprint density at radius 3 is 2.57 bits per heavy atom. The predicted molar refractivity (Wildman–Crippen MR) is 116 cm³/mol. The van der Waals surface area contributed by atoms with Gasteiger partial charge in [-0.1, -0.05) is 36.5 Å². The SMILES string of the molecule is [O-]/C(=C(\C(=S)Nc1ccccc1)[n+]1cccc(CO)c1)c1ccc2c(c1)OCCO2. The monoisotopic (exact) mass is 420 g/mol. The van der Waals surface area contributed by atoms with Crippen LogP contribution in [0.2, 0.25) is 0 Å². The molecule has 0 fully saturated rings. The van der Waals surface area contributed by atoms with E-state index in [1.54, 1.807) is 47.3 Å². The molecule has 0 amide bonds. The number of benzene rings is 2. The molecule has 0 saturated carbocycles. The molecule has 2 aromatic carbocycles. The Hall–Kier alpha value is -3.42. The number of thiocarbonyl (C=S) groups is 1. The standard InChI is InChI=1S/C23H20N2O4S/c26-15-16-5-4-10-25(14-16)21(23(30)24-18-6-2-1-3-7-18)22(27)17-8-9-19-20(13-17)29-12-11-28-19/h1-10,13-14,26H,11-12,15H2,(H-,24,27,30). The van der Waals surface area contributed by atoms with Crippen LogP contribution >= 0.6 is 12.2 Å². The lowest BCUT2D eigenvalue weighted by Crippen LogP contribution is -2.40. The number of pyridine rings is 1. The maximum Gasteiger partial charge on any atom is 0.238 e. The fourth-order valence-electron chi connectivity index (χ4n) is 3.13. The van der Waals surface area contributed by atoms with Crippen molar-refractivity contribution in [1.29, 1.82) is 0 Å². The zero-order valence-electron chi connectivity index (χ0n) is 16.1. The molecule has 2 heterocycles. The summed E-state index contributed by atoms with van der Waals surface area (Å²) in [6.07, 6.45) is 3.41. The number of hydrogen-bond donors (Lipinski definition) is 2. The molecule has 1 aliphatic heterocycles. The third-order valence-electron chi connectivity index (χ3n) is 4.57. The van der Waals surface area contributed by atoms with Gasteiger partial charge in [-0.3, -0.25) is 0 Å². The first-order valence-corrected chi connectivity index (χ1v) is 9.85. The van der Waals surface area contributed by atoms with E-state index < -0.39 is 0 Å². The molecule has 2 N–H and O–H groups in total. The van der Waals surface area contributed by atoms with Gasteiger partial charge in [0, 0.05) is 17.3 Å². The molecule has 0 radical (unpaired) electrons. The van der Waals surface area contributed by atoms with Gasteiger partial charge in [0.1, 0.15) is 13.2 Å². The van der Waals surface area contributed by atoms with Gasteiger partial charge in [0.15, 0.2) is 28.9 Å². The van der Waals surface area contributed by atoms with Crippen LogP contribution in [0.15, 0.2) is 73.1 Å². The smallest absolute Gasteiger partial charge is 0.238 e. The quantitative estimate of drug-likeness (QED) is 0.286. The van der Waals surface area contributed by atoms with E-state index in [1.165, 1.54) is 0 Å². The van der Waals surface area contributed by atoms with Crippen LogP contribution < -0.4 is 24.5 Å². The van der Waals surface area contributed by atoms with Crippen molar-refractivity contribution in [1.82, 2.24) is 0 Å². The maximum absolute atomic E-state index is 13.5. The maximum atomic E-state index is 13.5. The molecule has 30 heavy (non-hydrogen) atoms. The number of nitrogens with zero attached hydrogens (tertiary/aromatic N) is 1. The van der Waals surface area contributed by atoms with E-state index in [1.807, 2.05) is 30.3 Å².